The first-order valence-electron chi connectivity index (χ1n) is 13.2. The van der Waals surface area contributed by atoms with Gasteiger partial charge in [0.15, 0.2) is 5.82 Å². The number of nitrogen functional groups attached to an aromatic ring is 1. The van der Waals surface area contributed by atoms with Crippen LogP contribution in [-0.4, -0.2) is 82.2 Å². The van der Waals surface area contributed by atoms with E-state index >= 15 is 4.39 Å². The molecule has 1 aromatic carbocycles. The fourth-order valence-corrected chi connectivity index (χ4v) is 6.09. The molecule has 2 unspecified atom stereocenters. The second-order valence-corrected chi connectivity index (χ2v) is 10.6. The molecule has 5 heterocycles. The molecule has 0 saturated carbocycles. The number of fused-ring (bicyclic) bond motifs is 2. The summed E-state index contributed by atoms with van der Waals surface area (Å²) in [6.07, 6.45) is -5.16. The van der Waals surface area contributed by atoms with Crippen LogP contribution in [0.4, 0.5) is 39.4 Å². The van der Waals surface area contributed by atoms with Gasteiger partial charge in [-0.3, -0.25) is 0 Å². The maximum Gasteiger partial charge on any atom is 0.417 e. The number of benzene rings is 1. The molecule has 15 heteroatoms. The minimum atomic E-state index is -5.06. The summed E-state index contributed by atoms with van der Waals surface area (Å²) >= 11 is 0. The summed E-state index contributed by atoms with van der Waals surface area (Å²) in [5.41, 5.74) is 1.03. The van der Waals surface area contributed by atoms with Crippen molar-refractivity contribution in [3.05, 3.63) is 28.8 Å². The van der Waals surface area contributed by atoms with Crippen LogP contribution in [0.1, 0.15) is 24.5 Å². The number of nitrogens with zero attached hydrogens (tertiary/aromatic N) is 5. The number of alkyl halides is 3. The molecule has 2 aromatic heterocycles. The van der Waals surface area contributed by atoms with E-state index in [9.17, 15) is 27.8 Å². The van der Waals surface area contributed by atoms with Crippen LogP contribution >= 0.6 is 0 Å². The van der Waals surface area contributed by atoms with Crippen molar-refractivity contribution in [2.45, 2.75) is 50.7 Å². The predicted molar refractivity (Wildman–Crippen MR) is 140 cm³/mol. The van der Waals surface area contributed by atoms with Crippen molar-refractivity contribution < 1.29 is 36.9 Å². The van der Waals surface area contributed by atoms with Gasteiger partial charge in [0.2, 0.25) is 11.8 Å². The Hall–Kier alpha value is -3.56. The SMILES string of the molecule is Cc1c(F)c(N)cc(-c2nc3c4c(nc(N5C(CO)CC5CO)nc4c2F)N2CCNC[C@H]2[C@H](C)O3)c1C(F)(F)F. The summed E-state index contributed by atoms with van der Waals surface area (Å²) < 4.78 is 79.9. The van der Waals surface area contributed by atoms with E-state index in [-0.39, 0.29) is 47.8 Å². The molecule has 4 atom stereocenters. The minimum absolute atomic E-state index is 0.00321. The molecule has 0 amide bonds. The standard InChI is InChI=1S/C26H28F5N7O3/c1-10-18(26(29,30)31)14(6-15(32)19(10)27)21-20(28)22-17-23(36-25(35-22)38-12(8-39)5-13(38)9-40)37-4-3-33-7-16(37)11(2)41-24(17)34-21/h6,11-13,16,33,39-40H,3-5,7-9,32H2,1-2H3/t11-,12?,13?,16-/m0/s1. The van der Waals surface area contributed by atoms with Crippen LogP contribution in [0.2, 0.25) is 0 Å². The molecule has 0 aliphatic carbocycles. The van der Waals surface area contributed by atoms with Crippen molar-refractivity contribution in [2.24, 2.45) is 0 Å². The van der Waals surface area contributed by atoms with Crippen molar-refractivity contribution in [3.8, 4) is 17.1 Å². The highest BCUT2D eigenvalue weighted by Crippen LogP contribution is 2.46. The Balaban J connectivity index is 1.68. The zero-order chi connectivity index (χ0) is 29.4. The summed E-state index contributed by atoms with van der Waals surface area (Å²) in [6.45, 7) is 3.66. The summed E-state index contributed by atoms with van der Waals surface area (Å²) in [5, 5.41) is 23.1. The highest BCUT2D eigenvalue weighted by Gasteiger charge is 2.43. The van der Waals surface area contributed by atoms with Gasteiger partial charge in [0, 0.05) is 25.2 Å². The van der Waals surface area contributed by atoms with Gasteiger partial charge in [0.1, 0.15) is 34.3 Å². The molecule has 10 nitrogen and oxygen atoms in total. The number of rotatable bonds is 4. The average Bonchev–Trinajstić information content (AvgIpc) is 3.03. The molecule has 3 aromatic rings. The molecule has 3 aliphatic heterocycles. The number of ether oxygens (including phenoxy) is 1. The highest BCUT2D eigenvalue weighted by molar-refractivity contribution is 5.98. The Morgan fingerprint density at radius 2 is 1.83 bits per heavy atom. The number of aliphatic hydroxyl groups is 2. The Labute approximate surface area is 230 Å². The summed E-state index contributed by atoms with van der Waals surface area (Å²) in [6, 6.07) is -0.470. The molecule has 3 aliphatic rings. The molecule has 5 N–H and O–H groups in total. The molecule has 6 rings (SSSR count). The van der Waals surface area contributed by atoms with Crippen molar-refractivity contribution >= 4 is 28.4 Å². The van der Waals surface area contributed by atoms with Crippen LogP contribution in [0.5, 0.6) is 5.88 Å². The van der Waals surface area contributed by atoms with E-state index in [4.69, 9.17) is 15.5 Å². The van der Waals surface area contributed by atoms with Crippen LogP contribution in [0.15, 0.2) is 6.07 Å². The minimum Gasteiger partial charge on any atom is -0.472 e. The highest BCUT2D eigenvalue weighted by atomic mass is 19.4. The second-order valence-electron chi connectivity index (χ2n) is 10.6. The summed E-state index contributed by atoms with van der Waals surface area (Å²) in [5.74, 6) is -2.36. The van der Waals surface area contributed by atoms with Gasteiger partial charge in [-0.15, -0.1) is 0 Å². The number of nitrogens with one attached hydrogen (secondary N) is 1. The number of aliphatic hydroxyl groups excluding tert-OH is 2. The second kappa shape index (κ2) is 9.77. The monoisotopic (exact) mass is 581 g/mol. The Bertz CT molecular complexity index is 1530. The van der Waals surface area contributed by atoms with E-state index in [0.717, 1.165) is 6.92 Å². The van der Waals surface area contributed by atoms with E-state index in [0.29, 0.717) is 32.1 Å². The first kappa shape index (κ1) is 27.6. The van der Waals surface area contributed by atoms with Crippen LogP contribution in [0.3, 0.4) is 0 Å². The van der Waals surface area contributed by atoms with Gasteiger partial charge in [0.05, 0.1) is 42.6 Å². The third-order valence-electron chi connectivity index (χ3n) is 8.16. The zero-order valence-electron chi connectivity index (χ0n) is 22.1. The summed E-state index contributed by atoms with van der Waals surface area (Å²) in [7, 11) is 0. The molecule has 0 bridgehead atoms. The topological polar surface area (TPSA) is 133 Å². The number of pyridine rings is 1. The average molecular weight is 582 g/mol. The van der Waals surface area contributed by atoms with Crippen LogP contribution in [0, 0.1) is 18.6 Å². The van der Waals surface area contributed by atoms with Crippen molar-refractivity contribution in [2.75, 3.05) is 48.4 Å². The van der Waals surface area contributed by atoms with E-state index in [1.54, 1.807) is 11.8 Å². The molecule has 2 saturated heterocycles. The molecule has 2 fully saturated rings. The van der Waals surface area contributed by atoms with Gasteiger partial charge in [-0.25, -0.2) is 18.7 Å². The third kappa shape index (κ3) is 4.20. The van der Waals surface area contributed by atoms with Gasteiger partial charge in [-0.1, -0.05) is 0 Å². The number of hydrogen-bond acceptors (Lipinski definition) is 10. The first-order chi connectivity index (χ1) is 19.5. The fourth-order valence-electron chi connectivity index (χ4n) is 6.09. The van der Waals surface area contributed by atoms with Crippen molar-refractivity contribution in [3.63, 3.8) is 0 Å². The number of nitrogens with two attached hydrogens (primary N) is 1. The fraction of sp³-hybridized carbons (Fsp3) is 0.500. The van der Waals surface area contributed by atoms with E-state index in [1.165, 1.54) is 0 Å². The van der Waals surface area contributed by atoms with Crippen molar-refractivity contribution in [1.82, 2.24) is 20.3 Å². The molecule has 0 spiro atoms. The zero-order valence-corrected chi connectivity index (χ0v) is 22.1. The lowest BCUT2D eigenvalue weighted by Gasteiger charge is -2.47. The number of piperazine rings is 1. The first-order valence-corrected chi connectivity index (χ1v) is 13.2. The van der Waals surface area contributed by atoms with Gasteiger partial charge >= 0.3 is 6.18 Å². The maximum absolute atomic E-state index is 16.5. The predicted octanol–water partition coefficient (Wildman–Crippen LogP) is 2.37. The van der Waals surface area contributed by atoms with E-state index in [2.05, 4.69) is 15.3 Å². The van der Waals surface area contributed by atoms with Gasteiger partial charge in [-0.05, 0) is 31.9 Å². The van der Waals surface area contributed by atoms with Crippen molar-refractivity contribution in [1.29, 1.82) is 0 Å². The van der Waals surface area contributed by atoms with Gasteiger partial charge < -0.3 is 35.8 Å². The Kier molecular flexibility index (Phi) is 6.58. The number of anilines is 3. The normalized spacial score (nSPS) is 24.1. The van der Waals surface area contributed by atoms with Crippen LogP contribution in [0.25, 0.3) is 22.2 Å². The molecule has 0 radical (unpaired) electrons. The molecular formula is C26H28F5N7O3. The Morgan fingerprint density at radius 3 is 2.49 bits per heavy atom. The summed E-state index contributed by atoms with van der Waals surface area (Å²) in [4.78, 5) is 16.9. The molecule has 41 heavy (non-hydrogen) atoms. The number of aromatic nitrogens is 3. The largest absolute Gasteiger partial charge is 0.472 e. The number of halogens is 5. The maximum atomic E-state index is 16.5. The van der Waals surface area contributed by atoms with Gasteiger partial charge in [-0.2, -0.15) is 18.2 Å². The smallest absolute Gasteiger partial charge is 0.417 e. The van der Waals surface area contributed by atoms with E-state index < -0.39 is 64.1 Å². The molecule has 220 valence electrons. The molecular weight excluding hydrogens is 553 g/mol. The van der Waals surface area contributed by atoms with E-state index in [1.807, 2.05) is 4.90 Å². The lowest BCUT2D eigenvalue weighted by molar-refractivity contribution is -0.137. The quantitative estimate of drug-likeness (QED) is 0.269. The Morgan fingerprint density at radius 1 is 1.12 bits per heavy atom. The van der Waals surface area contributed by atoms with Crippen LogP contribution in [-0.2, 0) is 6.18 Å². The van der Waals surface area contributed by atoms with Gasteiger partial charge in [0.25, 0.3) is 0 Å². The lowest BCUT2D eigenvalue weighted by atomic mass is 9.94. The van der Waals surface area contributed by atoms with Crippen LogP contribution < -0.4 is 25.6 Å². The lowest BCUT2D eigenvalue weighted by Crippen LogP contribution is -2.60. The third-order valence-corrected chi connectivity index (χ3v) is 8.16. The number of hydrogen-bond donors (Lipinski definition) is 4.